The molecule has 17 heavy (non-hydrogen) atoms. The zero-order valence-corrected chi connectivity index (χ0v) is 10.5. The monoisotopic (exact) mass is 251 g/mol. The Kier molecular flexibility index (Phi) is 3.75. The van der Waals surface area contributed by atoms with Crippen LogP contribution in [-0.2, 0) is 11.2 Å². The molecule has 0 aromatic carbocycles. The number of hydrogen-bond donors (Lipinski definition) is 1. The molecule has 0 fully saturated rings. The second kappa shape index (κ2) is 5.29. The van der Waals surface area contributed by atoms with Gasteiger partial charge in [-0.25, -0.2) is 9.97 Å². The van der Waals surface area contributed by atoms with Crippen LogP contribution >= 0.6 is 11.8 Å². The molecule has 6 heteroatoms. The average Bonchev–Trinajstić information content (AvgIpc) is 2.35. The number of H-pyrrole nitrogens is 1. The lowest BCUT2D eigenvalue weighted by Crippen LogP contribution is -2.14. The Morgan fingerprint density at radius 1 is 1.53 bits per heavy atom. The highest BCUT2D eigenvalue weighted by atomic mass is 32.2. The molecule has 0 amide bonds. The lowest BCUT2D eigenvalue weighted by Gasteiger charge is -2.03. The van der Waals surface area contributed by atoms with Gasteiger partial charge >= 0.3 is 0 Å². The quantitative estimate of drug-likeness (QED) is 0.654. The van der Waals surface area contributed by atoms with Crippen molar-refractivity contribution in [3.8, 4) is 0 Å². The molecule has 1 N–H and O–H groups in total. The molecule has 0 unspecified atom stereocenters. The number of rotatable bonds is 4. The Bertz CT molecular complexity index is 582. The van der Waals surface area contributed by atoms with Gasteiger partial charge in [0.1, 0.15) is 5.65 Å². The molecule has 0 atom stereocenters. The minimum Gasteiger partial charge on any atom is -0.384 e. The van der Waals surface area contributed by atoms with Gasteiger partial charge in [-0.3, -0.25) is 4.79 Å². The molecule has 0 spiro atoms. The fourth-order valence-electron chi connectivity index (χ4n) is 1.52. The van der Waals surface area contributed by atoms with Crippen molar-refractivity contribution in [2.45, 2.75) is 11.6 Å². The number of thioether (sulfide) groups is 1. The first-order valence-corrected chi connectivity index (χ1v) is 6.39. The first-order chi connectivity index (χ1) is 8.24. The van der Waals surface area contributed by atoms with E-state index in [0.717, 1.165) is 5.39 Å². The Labute approximate surface area is 103 Å². The standard InChI is InChI=1S/C11H13N3O2S/c1-16-4-3-7-5-8-6-12-11(17-2)14-9(8)13-10(7)15/h5-6H,3-4H2,1-2H3,(H,12,13,14,15). The maximum Gasteiger partial charge on any atom is 0.252 e. The van der Waals surface area contributed by atoms with E-state index in [1.165, 1.54) is 11.8 Å². The van der Waals surface area contributed by atoms with Crippen molar-refractivity contribution < 1.29 is 4.74 Å². The third-order valence-electron chi connectivity index (χ3n) is 2.41. The molecule has 90 valence electrons. The third kappa shape index (κ3) is 2.65. The SMILES string of the molecule is COCCc1cc2cnc(SC)nc2[nH]c1=O. The zero-order chi connectivity index (χ0) is 12.3. The molecule has 0 radical (unpaired) electrons. The summed E-state index contributed by atoms with van der Waals surface area (Å²) in [5, 5.41) is 1.49. The highest BCUT2D eigenvalue weighted by molar-refractivity contribution is 7.98. The first-order valence-electron chi connectivity index (χ1n) is 5.16. The van der Waals surface area contributed by atoms with Crippen molar-refractivity contribution in [1.29, 1.82) is 0 Å². The van der Waals surface area contributed by atoms with Crippen molar-refractivity contribution in [2.75, 3.05) is 20.0 Å². The summed E-state index contributed by atoms with van der Waals surface area (Å²) in [6, 6.07) is 1.82. The predicted molar refractivity (Wildman–Crippen MR) is 67.5 cm³/mol. The minimum atomic E-state index is -0.111. The van der Waals surface area contributed by atoms with E-state index < -0.39 is 0 Å². The van der Waals surface area contributed by atoms with Crippen LogP contribution < -0.4 is 5.56 Å². The van der Waals surface area contributed by atoms with E-state index in [1.807, 2.05) is 12.3 Å². The van der Waals surface area contributed by atoms with E-state index in [-0.39, 0.29) is 5.56 Å². The molecule has 0 aliphatic rings. The summed E-state index contributed by atoms with van der Waals surface area (Å²) in [5.74, 6) is 0. The largest absolute Gasteiger partial charge is 0.384 e. The molecule has 0 saturated carbocycles. The van der Waals surface area contributed by atoms with E-state index in [4.69, 9.17) is 4.74 Å². The number of aromatic amines is 1. The van der Waals surface area contributed by atoms with Gasteiger partial charge in [-0.1, -0.05) is 11.8 Å². The highest BCUT2D eigenvalue weighted by Gasteiger charge is 2.05. The summed E-state index contributed by atoms with van der Waals surface area (Å²) in [7, 11) is 1.61. The molecular formula is C11H13N3O2S. The molecule has 2 heterocycles. The van der Waals surface area contributed by atoms with Gasteiger partial charge in [0.05, 0.1) is 6.61 Å². The molecule has 0 aliphatic carbocycles. The van der Waals surface area contributed by atoms with Crippen LogP contribution in [0.25, 0.3) is 11.0 Å². The van der Waals surface area contributed by atoms with Gasteiger partial charge in [0, 0.05) is 30.7 Å². The van der Waals surface area contributed by atoms with Gasteiger partial charge in [-0.05, 0) is 12.3 Å². The zero-order valence-electron chi connectivity index (χ0n) is 9.69. The van der Waals surface area contributed by atoms with Crippen LogP contribution in [0, 0.1) is 0 Å². The molecule has 5 nitrogen and oxygen atoms in total. The number of aromatic nitrogens is 3. The van der Waals surface area contributed by atoms with Crippen LogP contribution in [0.3, 0.4) is 0 Å². The van der Waals surface area contributed by atoms with Crippen LogP contribution in [0.2, 0.25) is 0 Å². The van der Waals surface area contributed by atoms with Crippen molar-refractivity contribution in [3.63, 3.8) is 0 Å². The van der Waals surface area contributed by atoms with Crippen LogP contribution in [-0.4, -0.2) is 34.9 Å². The molecule has 2 aromatic rings. The van der Waals surface area contributed by atoms with Crippen LogP contribution in [0.5, 0.6) is 0 Å². The Morgan fingerprint density at radius 3 is 3.06 bits per heavy atom. The summed E-state index contributed by atoms with van der Waals surface area (Å²) in [6.45, 7) is 0.526. The number of nitrogens with one attached hydrogen (secondary N) is 1. The lowest BCUT2D eigenvalue weighted by molar-refractivity contribution is 0.202. The smallest absolute Gasteiger partial charge is 0.252 e. The van der Waals surface area contributed by atoms with Gasteiger partial charge in [0.2, 0.25) is 0 Å². The van der Waals surface area contributed by atoms with Crippen molar-refractivity contribution in [2.24, 2.45) is 0 Å². The Hall–Kier alpha value is -1.40. The highest BCUT2D eigenvalue weighted by Crippen LogP contribution is 2.13. The molecule has 0 bridgehead atoms. The summed E-state index contributed by atoms with van der Waals surface area (Å²) in [6.07, 6.45) is 4.21. The van der Waals surface area contributed by atoms with Gasteiger partial charge < -0.3 is 9.72 Å². The molecule has 0 aliphatic heterocycles. The summed E-state index contributed by atoms with van der Waals surface area (Å²) in [4.78, 5) is 22.9. The number of ether oxygens (including phenoxy) is 1. The molecule has 2 aromatic heterocycles. The number of fused-ring (bicyclic) bond motifs is 1. The Balaban J connectivity index is 2.47. The fraction of sp³-hybridized carbons (Fsp3) is 0.364. The van der Waals surface area contributed by atoms with Crippen LogP contribution in [0.15, 0.2) is 22.2 Å². The first kappa shape index (κ1) is 12.1. The van der Waals surface area contributed by atoms with E-state index in [1.54, 1.807) is 13.3 Å². The van der Waals surface area contributed by atoms with Crippen LogP contribution in [0.4, 0.5) is 0 Å². The van der Waals surface area contributed by atoms with E-state index in [2.05, 4.69) is 15.0 Å². The average molecular weight is 251 g/mol. The number of pyridine rings is 1. The summed E-state index contributed by atoms with van der Waals surface area (Å²) >= 11 is 1.44. The predicted octanol–water partition coefficient (Wildman–Crippen LogP) is 1.23. The third-order valence-corrected chi connectivity index (χ3v) is 2.97. The second-order valence-electron chi connectivity index (χ2n) is 3.53. The van der Waals surface area contributed by atoms with Gasteiger partial charge in [0.25, 0.3) is 5.56 Å². The number of methoxy groups -OCH3 is 1. The van der Waals surface area contributed by atoms with Crippen LogP contribution in [0.1, 0.15) is 5.56 Å². The van der Waals surface area contributed by atoms with Gasteiger partial charge in [0.15, 0.2) is 5.16 Å². The second-order valence-corrected chi connectivity index (χ2v) is 4.30. The Morgan fingerprint density at radius 2 is 2.35 bits per heavy atom. The molecule has 2 rings (SSSR count). The van der Waals surface area contributed by atoms with E-state index in [0.29, 0.717) is 29.4 Å². The maximum absolute atomic E-state index is 11.8. The minimum absolute atomic E-state index is 0.111. The maximum atomic E-state index is 11.8. The summed E-state index contributed by atoms with van der Waals surface area (Å²) < 4.78 is 4.96. The molecular weight excluding hydrogens is 238 g/mol. The van der Waals surface area contributed by atoms with Crippen molar-refractivity contribution in [3.05, 3.63) is 28.2 Å². The summed E-state index contributed by atoms with van der Waals surface area (Å²) in [5.41, 5.74) is 1.16. The van der Waals surface area contributed by atoms with E-state index >= 15 is 0 Å². The van der Waals surface area contributed by atoms with Gasteiger partial charge in [-0.2, -0.15) is 0 Å². The van der Waals surface area contributed by atoms with Crippen molar-refractivity contribution >= 4 is 22.8 Å². The van der Waals surface area contributed by atoms with Gasteiger partial charge in [-0.15, -0.1) is 0 Å². The number of nitrogens with zero attached hydrogens (tertiary/aromatic N) is 2. The molecule has 0 saturated heterocycles. The van der Waals surface area contributed by atoms with E-state index in [9.17, 15) is 4.79 Å². The normalized spacial score (nSPS) is 10.9. The van der Waals surface area contributed by atoms with Crippen molar-refractivity contribution in [1.82, 2.24) is 15.0 Å². The number of hydrogen-bond acceptors (Lipinski definition) is 5. The topological polar surface area (TPSA) is 67.9 Å². The fourth-order valence-corrected chi connectivity index (χ4v) is 1.86. The lowest BCUT2D eigenvalue weighted by atomic mass is 10.2.